The van der Waals surface area contributed by atoms with Gasteiger partial charge in [0.1, 0.15) is 12.4 Å². The zero-order valence-electron chi connectivity index (χ0n) is 15.2. The van der Waals surface area contributed by atoms with Crippen LogP contribution in [-0.2, 0) is 9.47 Å². The summed E-state index contributed by atoms with van der Waals surface area (Å²) >= 11 is 0. The van der Waals surface area contributed by atoms with Crippen molar-refractivity contribution in [1.82, 2.24) is 0 Å². The quantitative estimate of drug-likeness (QED) is 0.804. The molecule has 0 aliphatic carbocycles. The second kappa shape index (κ2) is 8.77. The second-order valence-electron chi connectivity index (χ2n) is 6.52. The number of amides is 1. The van der Waals surface area contributed by atoms with Gasteiger partial charge in [0.15, 0.2) is 0 Å². The van der Waals surface area contributed by atoms with Crippen LogP contribution in [0.2, 0.25) is 0 Å². The van der Waals surface area contributed by atoms with Crippen LogP contribution in [-0.4, -0.2) is 31.2 Å². The molecular weight excluding hydrogens is 349 g/mol. The molecule has 1 amide bonds. The molecule has 1 fully saturated rings. The minimum absolute atomic E-state index is 0.0873. The number of esters is 1. The van der Waals surface area contributed by atoms with Crippen LogP contribution in [0.4, 0.5) is 10.1 Å². The van der Waals surface area contributed by atoms with E-state index in [1.54, 1.807) is 31.2 Å². The van der Waals surface area contributed by atoms with Gasteiger partial charge >= 0.3 is 5.97 Å². The third-order valence-electron chi connectivity index (χ3n) is 4.52. The van der Waals surface area contributed by atoms with E-state index in [1.807, 2.05) is 0 Å². The summed E-state index contributed by atoms with van der Waals surface area (Å²) in [5.41, 5.74) is 1.15. The zero-order chi connectivity index (χ0) is 19.2. The molecule has 0 radical (unpaired) electrons. The number of halogens is 1. The van der Waals surface area contributed by atoms with Crippen molar-refractivity contribution in [1.29, 1.82) is 0 Å². The summed E-state index contributed by atoms with van der Waals surface area (Å²) < 4.78 is 24.8. The standard InChI is InChI=1S/C21H22FNO4/c1-14-7-6-10-17(21(25)27-13-15-8-4-5-12-26-15)19(14)23-20(24)16-9-2-3-11-18(16)22/h2-3,6-7,9-11,15H,4-5,8,12-13H2,1H3,(H,23,24)/t15-/m0/s1. The first-order valence-electron chi connectivity index (χ1n) is 9.00. The molecule has 6 heteroatoms. The van der Waals surface area contributed by atoms with Crippen LogP contribution in [0, 0.1) is 12.7 Å². The lowest BCUT2D eigenvalue weighted by Crippen LogP contribution is -2.26. The Balaban J connectivity index is 1.74. The summed E-state index contributed by atoms with van der Waals surface area (Å²) in [6.45, 7) is 2.61. The third kappa shape index (κ3) is 4.71. The first kappa shape index (κ1) is 19.0. The maximum Gasteiger partial charge on any atom is 0.340 e. The van der Waals surface area contributed by atoms with Crippen molar-refractivity contribution in [3.05, 3.63) is 65.0 Å². The van der Waals surface area contributed by atoms with Crippen molar-refractivity contribution < 1.29 is 23.5 Å². The highest BCUT2D eigenvalue weighted by atomic mass is 19.1. The first-order valence-corrected chi connectivity index (χ1v) is 9.00. The van der Waals surface area contributed by atoms with Gasteiger partial charge in [0.05, 0.1) is 22.9 Å². The van der Waals surface area contributed by atoms with E-state index in [0.717, 1.165) is 19.3 Å². The first-order chi connectivity index (χ1) is 13.1. The predicted molar refractivity (Wildman–Crippen MR) is 99.4 cm³/mol. The number of hydrogen-bond donors (Lipinski definition) is 1. The van der Waals surface area contributed by atoms with Gasteiger partial charge in [0.25, 0.3) is 5.91 Å². The van der Waals surface area contributed by atoms with Gasteiger partial charge in [-0.05, 0) is 49.9 Å². The normalized spacial score (nSPS) is 16.6. The Morgan fingerprint density at radius 3 is 2.67 bits per heavy atom. The average molecular weight is 371 g/mol. The monoisotopic (exact) mass is 371 g/mol. The molecule has 1 aliphatic rings. The number of benzene rings is 2. The molecular formula is C21H22FNO4. The smallest absolute Gasteiger partial charge is 0.340 e. The highest BCUT2D eigenvalue weighted by molar-refractivity contribution is 6.08. The van der Waals surface area contributed by atoms with Crippen LogP contribution >= 0.6 is 0 Å². The van der Waals surface area contributed by atoms with E-state index in [2.05, 4.69) is 5.32 Å². The number of hydrogen-bond acceptors (Lipinski definition) is 4. The zero-order valence-corrected chi connectivity index (χ0v) is 15.2. The van der Waals surface area contributed by atoms with E-state index < -0.39 is 17.7 Å². The van der Waals surface area contributed by atoms with Gasteiger partial charge in [0, 0.05) is 6.61 Å². The Morgan fingerprint density at radius 2 is 1.93 bits per heavy atom. The number of nitrogens with one attached hydrogen (secondary N) is 1. The Labute approximate surface area is 157 Å². The minimum Gasteiger partial charge on any atom is -0.459 e. The lowest BCUT2D eigenvalue weighted by atomic mass is 10.1. The lowest BCUT2D eigenvalue weighted by Gasteiger charge is -2.22. The Hall–Kier alpha value is -2.73. The summed E-state index contributed by atoms with van der Waals surface area (Å²) in [4.78, 5) is 25.0. The largest absolute Gasteiger partial charge is 0.459 e. The summed E-state index contributed by atoms with van der Waals surface area (Å²) in [5.74, 6) is -1.79. The number of carbonyl (C=O) groups is 2. The number of carbonyl (C=O) groups excluding carboxylic acids is 2. The van der Waals surface area contributed by atoms with Gasteiger partial charge in [0.2, 0.25) is 0 Å². The second-order valence-corrected chi connectivity index (χ2v) is 6.52. The summed E-state index contributed by atoms with van der Waals surface area (Å²) in [6.07, 6.45) is 2.84. The number of anilines is 1. The van der Waals surface area contributed by atoms with Gasteiger partial charge in [-0.25, -0.2) is 9.18 Å². The predicted octanol–water partition coefficient (Wildman–Crippen LogP) is 4.11. The average Bonchev–Trinajstić information content (AvgIpc) is 2.68. The molecule has 0 spiro atoms. The summed E-state index contributed by atoms with van der Waals surface area (Å²) in [6, 6.07) is 10.7. The Bertz CT molecular complexity index is 831. The van der Waals surface area contributed by atoms with Crippen molar-refractivity contribution in [2.24, 2.45) is 0 Å². The molecule has 1 heterocycles. The van der Waals surface area contributed by atoms with Gasteiger partial charge in [-0.15, -0.1) is 0 Å². The van der Waals surface area contributed by atoms with Crippen LogP contribution in [0.3, 0.4) is 0 Å². The Morgan fingerprint density at radius 1 is 1.15 bits per heavy atom. The molecule has 0 aromatic heterocycles. The number of para-hydroxylation sites is 1. The topological polar surface area (TPSA) is 64.6 Å². The molecule has 0 bridgehead atoms. The van der Waals surface area contributed by atoms with Crippen LogP contribution in [0.1, 0.15) is 45.5 Å². The lowest BCUT2D eigenvalue weighted by molar-refractivity contribution is -0.0300. The van der Waals surface area contributed by atoms with E-state index in [9.17, 15) is 14.0 Å². The van der Waals surface area contributed by atoms with Crippen LogP contribution in [0.15, 0.2) is 42.5 Å². The SMILES string of the molecule is Cc1cccc(C(=O)OC[C@@H]2CCCCO2)c1NC(=O)c1ccccc1F. The van der Waals surface area contributed by atoms with E-state index in [1.165, 1.54) is 18.2 Å². The van der Waals surface area contributed by atoms with Gasteiger partial charge < -0.3 is 14.8 Å². The highest BCUT2D eigenvalue weighted by Crippen LogP contribution is 2.23. The minimum atomic E-state index is -0.623. The molecule has 3 rings (SSSR count). The molecule has 0 unspecified atom stereocenters. The van der Waals surface area contributed by atoms with Crippen LogP contribution in [0.5, 0.6) is 0 Å². The molecule has 142 valence electrons. The van der Waals surface area contributed by atoms with Crippen molar-refractivity contribution in [2.75, 3.05) is 18.5 Å². The fourth-order valence-electron chi connectivity index (χ4n) is 3.02. The molecule has 1 N–H and O–H groups in total. The van der Waals surface area contributed by atoms with Gasteiger partial charge in [-0.3, -0.25) is 4.79 Å². The summed E-state index contributed by atoms with van der Waals surface area (Å²) in [7, 11) is 0. The van der Waals surface area contributed by atoms with E-state index in [4.69, 9.17) is 9.47 Å². The molecule has 5 nitrogen and oxygen atoms in total. The summed E-state index contributed by atoms with van der Waals surface area (Å²) in [5, 5.41) is 2.64. The van der Waals surface area contributed by atoms with Crippen LogP contribution in [0.25, 0.3) is 0 Å². The van der Waals surface area contributed by atoms with Gasteiger partial charge in [-0.1, -0.05) is 24.3 Å². The van der Waals surface area contributed by atoms with Crippen molar-refractivity contribution in [2.45, 2.75) is 32.3 Å². The highest BCUT2D eigenvalue weighted by Gasteiger charge is 2.21. The van der Waals surface area contributed by atoms with E-state index in [0.29, 0.717) is 17.9 Å². The van der Waals surface area contributed by atoms with E-state index >= 15 is 0 Å². The van der Waals surface area contributed by atoms with Crippen molar-refractivity contribution in [3.63, 3.8) is 0 Å². The van der Waals surface area contributed by atoms with E-state index in [-0.39, 0.29) is 23.8 Å². The maximum atomic E-state index is 13.9. The third-order valence-corrected chi connectivity index (χ3v) is 4.52. The van der Waals surface area contributed by atoms with Crippen molar-refractivity contribution >= 4 is 17.6 Å². The van der Waals surface area contributed by atoms with Crippen molar-refractivity contribution in [3.8, 4) is 0 Å². The number of rotatable bonds is 5. The maximum absolute atomic E-state index is 13.9. The number of ether oxygens (including phenoxy) is 2. The molecule has 2 aromatic carbocycles. The fraction of sp³-hybridized carbons (Fsp3) is 0.333. The molecule has 0 saturated carbocycles. The van der Waals surface area contributed by atoms with Gasteiger partial charge in [-0.2, -0.15) is 0 Å². The molecule has 2 aromatic rings. The molecule has 1 aliphatic heterocycles. The molecule has 1 saturated heterocycles. The molecule has 27 heavy (non-hydrogen) atoms. The molecule has 1 atom stereocenters. The van der Waals surface area contributed by atoms with Crippen LogP contribution < -0.4 is 5.32 Å². The fourth-order valence-corrected chi connectivity index (χ4v) is 3.02. The Kier molecular flexibility index (Phi) is 6.19. The number of aryl methyl sites for hydroxylation is 1.